The van der Waals surface area contributed by atoms with E-state index in [2.05, 4.69) is 20.7 Å². The van der Waals surface area contributed by atoms with Gasteiger partial charge < -0.3 is 5.73 Å². The molecule has 1 atom stereocenters. The number of halogens is 1. The summed E-state index contributed by atoms with van der Waals surface area (Å²) in [5.41, 5.74) is 6.93. The molecule has 6 heteroatoms. The van der Waals surface area contributed by atoms with E-state index < -0.39 is 10.0 Å². The Morgan fingerprint density at radius 2 is 1.95 bits per heavy atom. The third-order valence-corrected chi connectivity index (χ3v) is 6.42. The third kappa shape index (κ3) is 3.35. The normalized spacial score (nSPS) is 18.4. The van der Waals surface area contributed by atoms with Gasteiger partial charge in [-0.05, 0) is 66.2 Å². The van der Waals surface area contributed by atoms with Gasteiger partial charge in [-0.2, -0.15) is 0 Å². The molecule has 4 nitrogen and oxygen atoms in total. The summed E-state index contributed by atoms with van der Waals surface area (Å²) in [6.07, 6.45) is 4.60. The minimum Gasteiger partial charge on any atom is -0.398 e. The molecular formula is C14H21BrN2O2S. The van der Waals surface area contributed by atoms with Gasteiger partial charge in [0.25, 0.3) is 0 Å². The molecule has 0 saturated heterocycles. The fourth-order valence-corrected chi connectivity index (χ4v) is 4.85. The van der Waals surface area contributed by atoms with Crippen LogP contribution in [0, 0.1) is 12.8 Å². The summed E-state index contributed by atoms with van der Waals surface area (Å²) in [5.74, 6) is 0.442. The number of anilines is 1. The minimum atomic E-state index is -3.52. The largest absolute Gasteiger partial charge is 0.398 e. The molecule has 112 valence electrons. The monoisotopic (exact) mass is 360 g/mol. The van der Waals surface area contributed by atoms with Crippen molar-refractivity contribution in [3.8, 4) is 0 Å². The molecule has 0 aromatic heterocycles. The van der Waals surface area contributed by atoms with Crippen molar-refractivity contribution >= 4 is 31.6 Å². The van der Waals surface area contributed by atoms with Crippen LogP contribution in [0.2, 0.25) is 0 Å². The number of nitrogens with two attached hydrogens (primary N) is 1. The zero-order valence-corrected chi connectivity index (χ0v) is 14.2. The van der Waals surface area contributed by atoms with Crippen molar-refractivity contribution in [3.05, 3.63) is 22.2 Å². The maximum atomic E-state index is 12.5. The minimum absolute atomic E-state index is 0.0354. The molecule has 1 aromatic carbocycles. The van der Waals surface area contributed by atoms with Crippen LogP contribution in [0.1, 0.15) is 38.2 Å². The molecule has 0 heterocycles. The summed E-state index contributed by atoms with van der Waals surface area (Å²) in [6.45, 7) is 3.73. The molecule has 1 fully saturated rings. The summed E-state index contributed by atoms with van der Waals surface area (Å²) in [5, 5.41) is 0. The molecule has 0 bridgehead atoms. The first-order valence-corrected chi connectivity index (χ1v) is 9.17. The van der Waals surface area contributed by atoms with E-state index >= 15 is 0 Å². The maximum Gasteiger partial charge on any atom is 0.241 e. The first-order chi connectivity index (χ1) is 9.31. The average Bonchev–Trinajstić information content (AvgIpc) is 2.86. The molecule has 1 aliphatic carbocycles. The van der Waals surface area contributed by atoms with Gasteiger partial charge in [-0.3, -0.25) is 0 Å². The van der Waals surface area contributed by atoms with Crippen LogP contribution in [-0.4, -0.2) is 14.5 Å². The lowest BCUT2D eigenvalue weighted by Crippen LogP contribution is -2.37. The molecule has 0 amide bonds. The molecule has 1 unspecified atom stereocenters. The highest BCUT2D eigenvalue weighted by Gasteiger charge is 2.27. The van der Waals surface area contributed by atoms with Crippen molar-refractivity contribution in [2.45, 2.75) is 50.5 Å². The fraction of sp³-hybridized carbons (Fsp3) is 0.571. The Morgan fingerprint density at radius 3 is 2.55 bits per heavy atom. The molecular weight excluding hydrogens is 340 g/mol. The van der Waals surface area contributed by atoms with Crippen LogP contribution >= 0.6 is 15.9 Å². The van der Waals surface area contributed by atoms with Crippen molar-refractivity contribution in [1.82, 2.24) is 4.72 Å². The highest BCUT2D eigenvalue weighted by molar-refractivity contribution is 9.10. The summed E-state index contributed by atoms with van der Waals surface area (Å²) in [7, 11) is -3.52. The van der Waals surface area contributed by atoms with Gasteiger partial charge in [0, 0.05) is 16.2 Å². The summed E-state index contributed by atoms with van der Waals surface area (Å²) < 4.78 is 28.5. The Kier molecular flexibility index (Phi) is 4.76. The lowest BCUT2D eigenvalue weighted by molar-refractivity contribution is 0.424. The summed E-state index contributed by atoms with van der Waals surface area (Å²) in [6, 6.07) is 3.22. The van der Waals surface area contributed by atoms with Crippen molar-refractivity contribution < 1.29 is 8.42 Å². The van der Waals surface area contributed by atoms with Crippen molar-refractivity contribution in [3.63, 3.8) is 0 Å². The quantitative estimate of drug-likeness (QED) is 0.809. The molecule has 20 heavy (non-hydrogen) atoms. The second-order valence-corrected chi connectivity index (χ2v) is 8.13. The van der Waals surface area contributed by atoms with Crippen LogP contribution in [0.3, 0.4) is 0 Å². The predicted octanol–water partition coefficient (Wildman–Crippen LogP) is 3.20. The Balaban J connectivity index is 2.24. The molecule has 0 radical (unpaired) electrons. The molecule has 1 aromatic rings. The van der Waals surface area contributed by atoms with E-state index in [9.17, 15) is 8.42 Å². The van der Waals surface area contributed by atoms with E-state index in [1.165, 1.54) is 18.9 Å². The zero-order valence-electron chi connectivity index (χ0n) is 11.8. The number of sulfonamides is 1. The van der Waals surface area contributed by atoms with Crippen LogP contribution in [0.15, 0.2) is 21.5 Å². The lowest BCUT2D eigenvalue weighted by Gasteiger charge is -2.21. The number of nitrogens with one attached hydrogen (secondary N) is 1. The van der Waals surface area contributed by atoms with Gasteiger partial charge in [0.15, 0.2) is 0 Å². The van der Waals surface area contributed by atoms with E-state index in [1.807, 2.05) is 6.92 Å². The number of rotatable bonds is 4. The Morgan fingerprint density at radius 1 is 1.35 bits per heavy atom. The first-order valence-electron chi connectivity index (χ1n) is 6.89. The molecule has 3 N–H and O–H groups in total. The van der Waals surface area contributed by atoms with Crippen LogP contribution < -0.4 is 10.5 Å². The first kappa shape index (κ1) is 15.8. The highest BCUT2D eigenvalue weighted by Crippen LogP contribution is 2.30. The van der Waals surface area contributed by atoms with Gasteiger partial charge in [-0.15, -0.1) is 0 Å². The Labute approximate surface area is 129 Å². The zero-order chi connectivity index (χ0) is 14.9. The maximum absolute atomic E-state index is 12.5. The third-order valence-electron chi connectivity index (χ3n) is 4.03. The van der Waals surface area contributed by atoms with Crippen LogP contribution in [-0.2, 0) is 10.0 Å². The average molecular weight is 361 g/mol. The molecule has 1 saturated carbocycles. The Hall–Kier alpha value is -0.590. The van der Waals surface area contributed by atoms with Crippen LogP contribution in [0.5, 0.6) is 0 Å². The SMILES string of the molecule is Cc1cc(Br)c(N)cc1S(=O)(=O)NC(C)C1CCCC1. The van der Waals surface area contributed by atoms with E-state index in [0.717, 1.165) is 17.3 Å². The smallest absolute Gasteiger partial charge is 0.241 e. The lowest BCUT2D eigenvalue weighted by atomic mass is 10.0. The van der Waals surface area contributed by atoms with Gasteiger partial charge in [-0.1, -0.05) is 12.8 Å². The second kappa shape index (κ2) is 6.03. The van der Waals surface area contributed by atoms with Crippen LogP contribution in [0.4, 0.5) is 5.69 Å². The molecule has 0 spiro atoms. The number of benzene rings is 1. The van der Waals surface area contributed by atoms with E-state index in [4.69, 9.17) is 5.73 Å². The van der Waals surface area contributed by atoms with E-state index in [-0.39, 0.29) is 10.9 Å². The Bertz CT molecular complexity index is 595. The molecule has 2 rings (SSSR count). The molecule has 1 aliphatic rings. The second-order valence-electron chi connectivity index (χ2n) is 5.59. The van der Waals surface area contributed by atoms with Crippen molar-refractivity contribution in [2.75, 3.05) is 5.73 Å². The van der Waals surface area contributed by atoms with Crippen molar-refractivity contribution in [1.29, 1.82) is 0 Å². The number of hydrogen-bond donors (Lipinski definition) is 2. The van der Waals surface area contributed by atoms with Crippen LogP contribution in [0.25, 0.3) is 0 Å². The van der Waals surface area contributed by atoms with Crippen molar-refractivity contribution in [2.24, 2.45) is 5.92 Å². The van der Waals surface area contributed by atoms with Gasteiger partial charge in [0.05, 0.1) is 4.90 Å². The summed E-state index contributed by atoms with van der Waals surface area (Å²) >= 11 is 3.31. The van der Waals surface area contributed by atoms with Gasteiger partial charge in [0.2, 0.25) is 10.0 Å². The van der Waals surface area contributed by atoms with Gasteiger partial charge in [0.1, 0.15) is 0 Å². The number of aryl methyl sites for hydroxylation is 1. The summed E-state index contributed by atoms with van der Waals surface area (Å²) in [4.78, 5) is 0.267. The standard InChI is InChI=1S/C14H21BrN2O2S/c1-9-7-12(15)13(16)8-14(9)20(18,19)17-10(2)11-5-3-4-6-11/h7-8,10-11,17H,3-6,16H2,1-2H3. The fourth-order valence-electron chi connectivity index (χ4n) is 2.82. The number of hydrogen-bond acceptors (Lipinski definition) is 3. The number of nitrogen functional groups attached to an aromatic ring is 1. The predicted molar refractivity (Wildman–Crippen MR) is 85.0 cm³/mol. The van der Waals surface area contributed by atoms with Gasteiger partial charge >= 0.3 is 0 Å². The highest BCUT2D eigenvalue weighted by atomic mass is 79.9. The molecule has 0 aliphatic heterocycles. The van der Waals surface area contributed by atoms with E-state index in [1.54, 1.807) is 13.0 Å². The van der Waals surface area contributed by atoms with E-state index in [0.29, 0.717) is 17.2 Å². The van der Waals surface area contributed by atoms with Gasteiger partial charge in [-0.25, -0.2) is 13.1 Å². The topological polar surface area (TPSA) is 72.2 Å².